The maximum Gasteiger partial charge on any atom is 0.271 e. The number of nitrogens with zero attached hydrogens (tertiary/aromatic N) is 2. The molecule has 21 heavy (non-hydrogen) atoms. The summed E-state index contributed by atoms with van der Waals surface area (Å²) in [5.41, 5.74) is 7.75. The molecule has 0 bridgehead atoms. The number of nitrogen functional groups attached to an aromatic ring is 1. The topological polar surface area (TPSA) is 72.9 Å². The van der Waals surface area contributed by atoms with Crippen LogP contribution in [0.3, 0.4) is 0 Å². The Morgan fingerprint density at radius 3 is 2.81 bits per heavy atom. The molecular weight excluding hydrogens is 264 g/mol. The van der Waals surface area contributed by atoms with Gasteiger partial charge in [0.15, 0.2) is 5.69 Å². The van der Waals surface area contributed by atoms with Crippen molar-refractivity contribution >= 4 is 11.6 Å². The first-order chi connectivity index (χ1) is 9.91. The van der Waals surface area contributed by atoms with E-state index in [0.717, 1.165) is 12.1 Å². The van der Waals surface area contributed by atoms with E-state index in [1.807, 2.05) is 24.3 Å². The van der Waals surface area contributed by atoms with Crippen LogP contribution in [-0.2, 0) is 0 Å². The molecule has 112 valence electrons. The third-order valence-corrected chi connectivity index (χ3v) is 3.64. The number of nitrogens with two attached hydrogens (primary N) is 1. The summed E-state index contributed by atoms with van der Waals surface area (Å²) in [6.07, 6.45) is 2.76. The molecule has 1 aromatic heterocycles. The predicted molar refractivity (Wildman–Crippen MR) is 84.4 cm³/mol. The van der Waals surface area contributed by atoms with Gasteiger partial charge in [0.05, 0.1) is 5.69 Å². The van der Waals surface area contributed by atoms with Crippen molar-refractivity contribution in [1.29, 1.82) is 0 Å². The first-order valence-corrected chi connectivity index (χ1v) is 7.11. The van der Waals surface area contributed by atoms with E-state index in [9.17, 15) is 4.79 Å². The van der Waals surface area contributed by atoms with Crippen molar-refractivity contribution in [2.24, 2.45) is 5.41 Å². The average Bonchev–Trinajstić information content (AvgIpc) is 2.95. The zero-order chi connectivity index (χ0) is 15.5. The molecule has 2 rings (SSSR count). The lowest BCUT2D eigenvalue weighted by atomic mass is 9.90. The maximum atomic E-state index is 12.1. The summed E-state index contributed by atoms with van der Waals surface area (Å²) in [4.78, 5) is 12.1. The second-order valence-electron chi connectivity index (χ2n) is 5.94. The van der Waals surface area contributed by atoms with Crippen molar-refractivity contribution in [2.45, 2.75) is 27.2 Å². The van der Waals surface area contributed by atoms with Crippen LogP contribution in [0, 0.1) is 5.41 Å². The van der Waals surface area contributed by atoms with Crippen LogP contribution in [0.5, 0.6) is 0 Å². The van der Waals surface area contributed by atoms with Gasteiger partial charge in [-0.2, -0.15) is 5.10 Å². The van der Waals surface area contributed by atoms with Crippen LogP contribution in [0.2, 0.25) is 0 Å². The quantitative estimate of drug-likeness (QED) is 0.830. The molecule has 0 spiro atoms. The molecule has 0 aliphatic heterocycles. The number of aromatic nitrogens is 2. The van der Waals surface area contributed by atoms with Gasteiger partial charge in [-0.3, -0.25) is 4.79 Å². The molecule has 0 saturated carbocycles. The fourth-order valence-corrected chi connectivity index (χ4v) is 1.79. The largest absolute Gasteiger partial charge is 0.399 e. The maximum absolute atomic E-state index is 12.1. The lowest BCUT2D eigenvalue weighted by Crippen LogP contribution is -2.33. The van der Waals surface area contributed by atoms with Crippen LogP contribution in [-0.4, -0.2) is 22.2 Å². The third kappa shape index (κ3) is 3.84. The fourth-order valence-electron chi connectivity index (χ4n) is 1.79. The van der Waals surface area contributed by atoms with Crippen LogP contribution in [0.15, 0.2) is 36.5 Å². The number of amides is 1. The van der Waals surface area contributed by atoms with E-state index >= 15 is 0 Å². The Bertz CT molecular complexity index is 631. The van der Waals surface area contributed by atoms with Crippen molar-refractivity contribution in [3.05, 3.63) is 42.2 Å². The summed E-state index contributed by atoms with van der Waals surface area (Å²) in [6.45, 7) is 6.99. The van der Waals surface area contributed by atoms with E-state index in [1.54, 1.807) is 16.9 Å². The van der Waals surface area contributed by atoms with Gasteiger partial charge in [0.1, 0.15) is 0 Å². The van der Waals surface area contributed by atoms with Crippen molar-refractivity contribution < 1.29 is 4.79 Å². The van der Waals surface area contributed by atoms with Gasteiger partial charge >= 0.3 is 0 Å². The summed E-state index contributed by atoms with van der Waals surface area (Å²) in [7, 11) is 0. The minimum atomic E-state index is -0.154. The Morgan fingerprint density at radius 2 is 2.14 bits per heavy atom. The van der Waals surface area contributed by atoms with Crippen molar-refractivity contribution in [2.75, 3.05) is 12.3 Å². The molecule has 0 atom stereocenters. The normalized spacial score (nSPS) is 11.4. The monoisotopic (exact) mass is 286 g/mol. The highest BCUT2D eigenvalue weighted by Gasteiger charge is 2.18. The van der Waals surface area contributed by atoms with Gasteiger partial charge in [0.25, 0.3) is 5.91 Å². The Kier molecular flexibility index (Phi) is 4.31. The van der Waals surface area contributed by atoms with Crippen molar-refractivity contribution in [1.82, 2.24) is 15.1 Å². The number of hydrogen-bond acceptors (Lipinski definition) is 3. The zero-order valence-corrected chi connectivity index (χ0v) is 12.8. The second kappa shape index (κ2) is 5.99. The SMILES string of the molecule is CCC(C)(C)CNC(=O)c1ccn(-c2cccc(N)c2)n1. The van der Waals surface area contributed by atoms with E-state index in [0.29, 0.717) is 17.9 Å². The average molecular weight is 286 g/mol. The Labute approximate surface area is 125 Å². The highest BCUT2D eigenvalue weighted by Crippen LogP contribution is 2.18. The molecule has 5 heteroatoms. The molecule has 0 aliphatic rings. The Morgan fingerprint density at radius 1 is 1.38 bits per heavy atom. The molecule has 2 aromatic rings. The molecular formula is C16H22N4O. The Balaban J connectivity index is 2.08. The number of hydrogen-bond donors (Lipinski definition) is 2. The predicted octanol–water partition coefficient (Wildman–Crippen LogP) is 2.62. The summed E-state index contributed by atoms with van der Waals surface area (Å²) in [5.74, 6) is -0.154. The van der Waals surface area contributed by atoms with E-state index < -0.39 is 0 Å². The van der Waals surface area contributed by atoms with Crippen molar-refractivity contribution in [3.63, 3.8) is 0 Å². The highest BCUT2D eigenvalue weighted by molar-refractivity contribution is 5.92. The van der Waals surface area contributed by atoms with E-state index in [2.05, 4.69) is 31.2 Å². The first kappa shape index (κ1) is 15.1. The first-order valence-electron chi connectivity index (χ1n) is 7.11. The molecule has 1 amide bonds. The number of nitrogens with one attached hydrogen (secondary N) is 1. The van der Waals surface area contributed by atoms with Gasteiger partial charge in [0.2, 0.25) is 0 Å². The number of anilines is 1. The minimum Gasteiger partial charge on any atom is -0.399 e. The molecule has 0 saturated heterocycles. The van der Waals surface area contributed by atoms with Gasteiger partial charge in [-0.05, 0) is 36.1 Å². The number of rotatable bonds is 5. The zero-order valence-electron chi connectivity index (χ0n) is 12.8. The molecule has 1 aromatic carbocycles. The summed E-state index contributed by atoms with van der Waals surface area (Å²) in [5, 5.41) is 7.22. The third-order valence-electron chi connectivity index (χ3n) is 3.64. The molecule has 0 aliphatic carbocycles. The van der Waals surface area contributed by atoms with E-state index in [4.69, 9.17) is 5.73 Å². The molecule has 1 heterocycles. The number of carbonyl (C=O) groups is 1. The van der Waals surface area contributed by atoms with Crippen LogP contribution in [0.25, 0.3) is 5.69 Å². The standard InChI is InChI=1S/C16H22N4O/c1-4-16(2,3)11-18-15(21)14-8-9-20(19-14)13-7-5-6-12(17)10-13/h5-10H,4,11,17H2,1-3H3,(H,18,21). The van der Waals surface area contributed by atoms with Gasteiger partial charge in [-0.1, -0.05) is 26.8 Å². The summed E-state index contributed by atoms with van der Waals surface area (Å²) < 4.78 is 1.65. The number of benzene rings is 1. The number of carbonyl (C=O) groups excluding carboxylic acids is 1. The van der Waals surface area contributed by atoms with Gasteiger partial charge in [-0.25, -0.2) is 4.68 Å². The van der Waals surface area contributed by atoms with Gasteiger partial charge < -0.3 is 11.1 Å². The van der Waals surface area contributed by atoms with E-state index in [-0.39, 0.29) is 11.3 Å². The molecule has 0 fully saturated rings. The van der Waals surface area contributed by atoms with Crippen LogP contribution in [0.1, 0.15) is 37.7 Å². The summed E-state index contributed by atoms with van der Waals surface area (Å²) >= 11 is 0. The summed E-state index contributed by atoms with van der Waals surface area (Å²) in [6, 6.07) is 9.08. The highest BCUT2D eigenvalue weighted by atomic mass is 16.1. The van der Waals surface area contributed by atoms with E-state index in [1.165, 1.54) is 0 Å². The Hall–Kier alpha value is -2.30. The molecule has 0 unspecified atom stereocenters. The molecule has 0 radical (unpaired) electrons. The lowest BCUT2D eigenvalue weighted by Gasteiger charge is -2.22. The minimum absolute atomic E-state index is 0.0894. The molecule has 5 nitrogen and oxygen atoms in total. The van der Waals surface area contributed by atoms with Crippen molar-refractivity contribution in [3.8, 4) is 5.69 Å². The fraction of sp³-hybridized carbons (Fsp3) is 0.375. The van der Waals surface area contributed by atoms with Gasteiger partial charge in [0, 0.05) is 18.4 Å². The van der Waals surface area contributed by atoms with Gasteiger partial charge in [-0.15, -0.1) is 0 Å². The second-order valence-corrected chi connectivity index (χ2v) is 5.94. The van der Waals surface area contributed by atoms with Crippen LogP contribution >= 0.6 is 0 Å². The van der Waals surface area contributed by atoms with Crippen LogP contribution < -0.4 is 11.1 Å². The molecule has 3 N–H and O–H groups in total. The lowest BCUT2D eigenvalue weighted by molar-refractivity contribution is 0.0930. The smallest absolute Gasteiger partial charge is 0.271 e. The van der Waals surface area contributed by atoms with Crippen LogP contribution in [0.4, 0.5) is 5.69 Å².